The lowest BCUT2D eigenvalue weighted by atomic mass is 10.3. The Labute approximate surface area is 123 Å². The molecule has 0 saturated heterocycles. The fourth-order valence-electron chi connectivity index (χ4n) is 1.97. The van der Waals surface area contributed by atoms with Gasteiger partial charge in [0.15, 0.2) is 11.5 Å². The van der Waals surface area contributed by atoms with Crippen molar-refractivity contribution in [2.24, 2.45) is 0 Å². The Morgan fingerprint density at radius 2 is 1.91 bits per heavy atom. The molecule has 116 valence electrons. The summed E-state index contributed by atoms with van der Waals surface area (Å²) in [5, 5.41) is 9.06. The Kier molecular flexibility index (Phi) is 2.82. The maximum atomic E-state index is 13.1. The molecule has 1 aliphatic heterocycles. The second-order valence-corrected chi connectivity index (χ2v) is 6.55. The number of halogens is 2. The fraction of sp³-hybridized carbons (Fsp3) is 0.273. The van der Waals surface area contributed by atoms with Crippen molar-refractivity contribution in [1.29, 1.82) is 5.26 Å². The SMILES string of the molecule is CN(C)S(=O)(=O)n1c(C#N)nc2cc3c(cc21)OC(F)(F)O3. The normalized spacial score (nSPS) is 16.2. The van der Waals surface area contributed by atoms with Gasteiger partial charge in [0.1, 0.15) is 6.07 Å². The Morgan fingerprint density at radius 3 is 2.45 bits per heavy atom. The number of nitrogens with zero attached hydrogens (tertiary/aromatic N) is 4. The zero-order chi connectivity index (χ0) is 16.3. The van der Waals surface area contributed by atoms with Crippen molar-refractivity contribution in [1.82, 2.24) is 13.3 Å². The van der Waals surface area contributed by atoms with Crippen LogP contribution in [-0.2, 0) is 10.2 Å². The first-order valence-electron chi connectivity index (χ1n) is 5.81. The van der Waals surface area contributed by atoms with E-state index in [1.165, 1.54) is 14.1 Å². The highest BCUT2D eigenvalue weighted by atomic mass is 32.2. The highest BCUT2D eigenvalue weighted by Crippen LogP contribution is 2.43. The molecule has 22 heavy (non-hydrogen) atoms. The number of nitriles is 1. The number of hydrogen-bond donors (Lipinski definition) is 0. The minimum absolute atomic E-state index is 0.0158. The number of imidazole rings is 1. The highest BCUT2D eigenvalue weighted by Gasteiger charge is 2.44. The Balaban J connectivity index is 2.33. The van der Waals surface area contributed by atoms with Gasteiger partial charge in [0, 0.05) is 26.2 Å². The molecule has 0 aliphatic carbocycles. The van der Waals surface area contributed by atoms with E-state index in [2.05, 4.69) is 14.5 Å². The monoisotopic (exact) mass is 330 g/mol. The molecule has 0 saturated carbocycles. The predicted molar refractivity (Wildman–Crippen MR) is 68.7 cm³/mol. The average molecular weight is 330 g/mol. The first-order chi connectivity index (χ1) is 10.2. The smallest absolute Gasteiger partial charge is 0.395 e. The largest absolute Gasteiger partial charge is 0.586 e. The summed E-state index contributed by atoms with van der Waals surface area (Å²) in [4.78, 5) is 3.82. The van der Waals surface area contributed by atoms with Crippen molar-refractivity contribution in [2.45, 2.75) is 6.29 Å². The van der Waals surface area contributed by atoms with Crippen LogP contribution in [0.3, 0.4) is 0 Å². The van der Waals surface area contributed by atoms with E-state index < -0.39 is 22.3 Å². The average Bonchev–Trinajstić information content (AvgIpc) is 2.89. The first kappa shape index (κ1) is 14.5. The molecule has 0 unspecified atom stereocenters. The number of alkyl halides is 2. The van der Waals surface area contributed by atoms with E-state index in [1.54, 1.807) is 6.07 Å². The van der Waals surface area contributed by atoms with E-state index in [0.717, 1.165) is 16.4 Å². The molecule has 8 nitrogen and oxygen atoms in total. The van der Waals surface area contributed by atoms with Gasteiger partial charge >= 0.3 is 16.5 Å². The third-order valence-corrected chi connectivity index (χ3v) is 4.68. The molecule has 1 aliphatic rings. The number of fused-ring (bicyclic) bond motifs is 2. The summed E-state index contributed by atoms with van der Waals surface area (Å²) in [6.45, 7) is 0. The molecular weight excluding hydrogens is 322 g/mol. The summed E-state index contributed by atoms with van der Waals surface area (Å²) < 4.78 is 60.8. The number of ether oxygens (including phenoxy) is 2. The zero-order valence-electron chi connectivity index (χ0n) is 11.2. The molecule has 11 heteroatoms. The molecule has 0 atom stereocenters. The molecule has 3 rings (SSSR count). The van der Waals surface area contributed by atoms with E-state index >= 15 is 0 Å². The zero-order valence-corrected chi connectivity index (χ0v) is 12.1. The lowest BCUT2D eigenvalue weighted by Crippen LogP contribution is -2.29. The van der Waals surface area contributed by atoms with Crippen molar-refractivity contribution in [3.8, 4) is 17.6 Å². The second-order valence-electron chi connectivity index (χ2n) is 4.56. The molecule has 0 fully saturated rings. The van der Waals surface area contributed by atoms with E-state index in [1.807, 2.05) is 0 Å². The molecule has 0 N–H and O–H groups in total. The van der Waals surface area contributed by atoms with Gasteiger partial charge < -0.3 is 9.47 Å². The Hall–Kier alpha value is -2.45. The molecule has 0 radical (unpaired) electrons. The van der Waals surface area contributed by atoms with Gasteiger partial charge in [-0.1, -0.05) is 0 Å². The van der Waals surface area contributed by atoms with Gasteiger partial charge in [-0.25, -0.2) is 4.98 Å². The lowest BCUT2D eigenvalue weighted by Gasteiger charge is -2.13. The number of benzene rings is 1. The molecule has 0 amide bonds. The van der Waals surface area contributed by atoms with E-state index in [9.17, 15) is 17.2 Å². The second kappa shape index (κ2) is 4.28. The quantitative estimate of drug-likeness (QED) is 0.811. The molecule has 1 aromatic heterocycles. The van der Waals surface area contributed by atoms with Crippen LogP contribution in [0.2, 0.25) is 0 Å². The minimum Gasteiger partial charge on any atom is -0.395 e. The van der Waals surface area contributed by atoms with Gasteiger partial charge in [-0.05, 0) is 0 Å². The molecule has 0 spiro atoms. The van der Waals surface area contributed by atoms with Gasteiger partial charge in [-0.15, -0.1) is 8.78 Å². The molecule has 2 heterocycles. The van der Waals surface area contributed by atoms with Crippen LogP contribution in [0.15, 0.2) is 12.1 Å². The van der Waals surface area contributed by atoms with Crippen LogP contribution in [0.1, 0.15) is 5.82 Å². The van der Waals surface area contributed by atoms with Gasteiger partial charge in [-0.2, -0.15) is 22.0 Å². The van der Waals surface area contributed by atoms with E-state index in [4.69, 9.17) is 5.26 Å². The summed E-state index contributed by atoms with van der Waals surface area (Å²) >= 11 is 0. The minimum atomic E-state index is -4.07. The van der Waals surface area contributed by atoms with Gasteiger partial charge in [0.05, 0.1) is 11.0 Å². The van der Waals surface area contributed by atoms with Crippen LogP contribution < -0.4 is 9.47 Å². The standard InChI is InChI=1S/C11H8F2N4O4S/c1-16(2)22(18,19)17-7-4-9-8(20-11(12,13)21-9)3-6(7)15-10(17)5-14/h3-4H,1-2H3. The molecule has 1 aromatic carbocycles. The van der Waals surface area contributed by atoms with E-state index in [-0.39, 0.29) is 22.5 Å². The summed E-state index contributed by atoms with van der Waals surface area (Å²) in [5.41, 5.74) is -0.0488. The van der Waals surface area contributed by atoms with Crippen LogP contribution in [0.4, 0.5) is 8.78 Å². The number of hydrogen-bond acceptors (Lipinski definition) is 6. The maximum absolute atomic E-state index is 13.1. The summed E-state index contributed by atoms with van der Waals surface area (Å²) in [7, 11) is -1.53. The summed E-state index contributed by atoms with van der Waals surface area (Å²) in [5.74, 6) is -1.02. The highest BCUT2D eigenvalue weighted by molar-refractivity contribution is 7.87. The van der Waals surface area contributed by atoms with Gasteiger partial charge in [0.2, 0.25) is 5.82 Å². The Bertz CT molecular complexity index is 930. The third kappa shape index (κ3) is 1.96. The lowest BCUT2D eigenvalue weighted by molar-refractivity contribution is -0.286. The van der Waals surface area contributed by atoms with Crippen molar-refractivity contribution in [2.75, 3.05) is 14.1 Å². The fourth-order valence-corrected chi connectivity index (χ4v) is 2.99. The Morgan fingerprint density at radius 1 is 1.32 bits per heavy atom. The topological polar surface area (TPSA) is 97.5 Å². The third-order valence-electron chi connectivity index (χ3n) is 2.93. The van der Waals surface area contributed by atoms with E-state index in [0.29, 0.717) is 3.97 Å². The molecule has 0 bridgehead atoms. The molecule has 2 aromatic rings. The predicted octanol–water partition coefficient (Wildman–Crippen LogP) is 0.884. The van der Waals surface area contributed by atoms with Crippen LogP contribution in [0.5, 0.6) is 11.5 Å². The number of aromatic nitrogens is 2. The van der Waals surface area contributed by atoms with Gasteiger partial charge in [-0.3, -0.25) is 0 Å². The number of rotatable bonds is 2. The summed E-state index contributed by atoms with van der Waals surface area (Å²) in [6.07, 6.45) is -3.83. The van der Waals surface area contributed by atoms with Gasteiger partial charge in [0.25, 0.3) is 0 Å². The first-order valence-corrected chi connectivity index (χ1v) is 7.21. The maximum Gasteiger partial charge on any atom is 0.586 e. The van der Waals surface area contributed by atoms with Crippen LogP contribution in [-0.4, -0.2) is 42.1 Å². The van der Waals surface area contributed by atoms with Crippen molar-refractivity contribution in [3.05, 3.63) is 18.0 Å². The van der Waals surface area contributed by atoms with Crippen LogP contribution in [0.25, 0.3) is 11.0 Å². The van der Waals surface area contributed by atoms with Crippen LogP contribution >= 0.6 is 0 Å². The van der Waals surface area contributed by atoms with Crippen molar-refractivity contribution >= 4 is 21.2 Å². The van der Waals surface area contributed by atoms with Crippen molar-refractivity contribution in [3.63, 3.8) is 0 Å². The van der Waals surface area contributed by atoms with Crippen LogP contribution in [0, 0.1) is 11.3 Å². The van der Waals surface area contributed by atoms with Crippen molar-refractivity contribution < 1.29 is 26.7 Å². The summed E-state index contributed by atoms with van der Waals surface area (Å²) in [6, 6.07) is 3.79. The molecular formula is C11H8F2N4O4S.